The van der Waals surface area contributed by atoms with Crippen LogP contribution in [0.15, 0.2) is 18.2 Å². The number of carbonyl (C=O) groups is 1. The zero-order valence-corrected chi connectivity index (χ0v) is 15.0. The Kier molecular flexibility index (Phi) is 8.42. The third-order valence-corrected chi connectivity index (χ3v) is 4.16. The van der Waals surface area contributed by atoms with E-state index in [1.165, 1.54) is 18.4 Å². The van der Waals surface area contributed by atoms with Gasteiger partial charge in [-0.3, -0.25) is 4.79 Å². The Hall–Kier alpha value is -1.26. The largest absolute Gasteiger partial charge is 0.493 e. The number of amides is 1. The zero-order valence-electron chi connectivity index (χ0n) is 14.1. The molecule has 0 saturated heterocycles. The summed E-state index contributed by atoms with van der Waals surface area (Å²) in [5.74, 6) is 1.67. The minimum absolute atomic E-state index is 0. The number of nitrogens with two attached hydrogens (primary N) is 1. The van der Waals surface area contributed by atoms with E-state index in [-0.39, 0.29) is 24.4 Å². The van der Waals surface area contributed by atoms with Crippen molar-refractivity contribution in [3.63, 3.8) is 0 Å². The first kappa shape index (κ1) is 19.8. The molecular weight excluding hydrogens is 312 g/mol. The summed E-state index contributed by atoms with van der Waals surface area (Å²) >= 11 is 0. The monoisotopic (exact) mass is 340 g/mol. The van der Waals surface area contributed by atoms with Gasteiger partial charge in [-0.05, 0) is 62.6 Å². The summed E-state index contributed by atoms with van der Waals surface area (Å²) in [5, 5.41) is 2.92. The summed E-state index contributed by atoms with van der Waals surface area (Å²) < 4.78 is 5.79. The van der Waals surface area contributed by atoms with Gasteiger partial charge in [0.1, 0.15) is 5.75 Å². The normalized spacial score (nSPS) is 14.7. The van der Waals surface area contributed by atoms with Crippen molar-refractivity contribution in [1.82, 2.24) is 5.32 Å². The molecule has 5 heteroatoms. The van der Waals surface area contributed by atoms with Crippen LogP contribution < -0.4 is 15.8 Å². The molecular formula is C18H29ClN2O2. The smallest absolute Gasteiger partial charge is 0.220 e. The van der Waals surface area contributed by atoms with Crippen molar-refractivity contribution in [2.24, 2.45) is 11.7 Å². The molecule has 1 fully saturated rings. The lowest BCUT2D eigenvalue weighted by Gasteiger charge is -2.12. The standard InChI is InChI=1S/C18H28N2O2.ClH/c1-13-6-7-14(2)17(11-13)22-10-4-3-5-18(21)20-12-16(19)15-8-9-15;/h6-7,11,15-16H,3-5,8-10,12,19H2,1-2H3,(H,20,21);1H. The van der Waals surface area contributed by atoms with Gasteiger partial charge in [-0.25, -0.2) is 0 Å². The van der Waals surface area contributed by atoms with Crippen LogP contribution in [0.2, 0.25) is 0 Å². The SMILES string of the molecule is Cc1ccc(C)c(OCCCCC(=O)NCC(N)C2CC2)c1.Cl. The van der Waals surface area contributed by atoms with Crippen LogP contribution in [0.1, 0.15) is 43.2 Å². The maximum Gasteiger partial charge on any atom is 0.220 e. The van der Waals surface area contributed by atoms with Crippen LogP contribution in [-0.2, 0) is 4.79 Å². The van der Waals surface area contributed by atoms with E-state index in [4.69, 9.17) is 10.5 Å². The highest BCUT2D eigenvalue weighted by molar-refractivity contribution is 5.85. The van der Waals surface area contributed by atoms with Gasteiger partial charge in [0.15, 0.2) is 0 Å². The lowest BCUT2D eigenvalue weighted by molar-refractivity contribution is -0.121. The maximum absolute atomic E-state index is 11.7. The number of halogens is 1. The Morgan fingerprint density at radius 2 is 2.09 bits per heavy atom. The molecule has 1 amide bonds. The van der Waals surface area contributed by atoms with Gasteiger partial charge in [-0.1, -0.05) is 12.1 Å². The summed E-state index contributed by atoms with van der Waals surface area (Å²) in [6.07, 6.45) is 4.71. The first-order valence-electron chi connectivity index (χ1n) is 8.28. The van der Waals surface area contributed by atoms with E-state index in [1.807, 2.05) is 6.92 Å². The highest BCUT2D eigenvalue weighted by atomic mass is 35.5. The Bertz CT molecular complexity index is 504. The molecule has 0 spiro atoms. The summed E-state index contributed by atoms with van der Waals surface area (Å²) in [6.45, 7) is 5.37. The minimum Gasteiger partial charge on any atom is -0.493 e. The molecule has 4 nitrogen and oxygen atoms in total. The van der Waals surface area contributed by atoms with Crippen molar-refractivity contribution in [2.45, 2.75) is 52.0 Å². The Morgan fingerprint density at radius 3 is 2.78 bits per heavy atom. The van der Waals surface area contributed by atoms with Gasteiger partial charge in [-0.15, -0.1) is 12.4 Å². The molecule has 1 unspecified atom stereocenters. The zero-order chi connectivity index (χ0) is 15.9. The number of hydrogen-bond acceptors (Lipinski definition) is 3. The van der Waals surface area contributed by atoms with Gasteiger partial charge in [0.2, 0.25) is 5.91 Å². The molecule has 1 saturated carbocycles. The van der Waals surface area contributed by atoms with Crippen molar-refractivity contribution in [3.05, 3.63) is 29.3 Å². The van der Waals surface area contributed by atoms with Crippen molar-refractivity contribution in [2.75, 3.05) is 13.2 Å². The molecule has 1 aliphatic rings. The fourth-order valence-corrected chi connectivity index (χ4v) is 2.44. The van der Waals surface area contributed by atoms with Gasteiger partial charge in [0, 0.05) is 19.0 Å². The number of unbranched alkanes of at least 4 members (excludes halogenated alkanes) is 1. The van der Waals surface area contributed by atoms with Crippen LogP contribution in [0, 0.1) is 19.8 Å². The number of hydrogen-bond donors (Lipinski definition) is 2. The fourth-order valence-electron chi connectivity index (χ4n) is 2.44. The topological polar surface area (TPSA) is 64.3 Å². The summed E-state index contributed by atoms with van der Waals surface area (Å²) in [6, 6.07) is 6.35. The number of ether oxygens (including phenoxy) is 1. The molecule has 3 N–H and O–H groups in total. The number of nitrogens with one attached hydrogen (secondary N) is 1. The van der Waals surface area contributed by atoms with Crippen molar-refractivity contribution in [3.8, 4) is 5.75 Å². The molecule has 0 aromatic heterocycles. The molecule has 2 rings (SSSR count). The summed E-state index contributed by atoms with van der Waals surface area (Å²) in [7, 11) is 0. The highest BCUT2D eigenvalue weighted by Gasteiger charge is 2.28. The highest BCUT2D eigenvalue weighted by Crippen LogP contribution is 2.31. The predicted molar refractivity (Wildman–Crippen MR) is 96.2 cm³/mol. The first-order valence-corrected chi connectivity index (χ1v) is 8.28. The van der Waals surface area contributed by atoms with Crippen LogP contribution in [0.4, 0.5) is 0 Å². The number of carbonyl (C=O) groups excluding carboxylic acids is 1. The van der Waals surface area contributed by atoms with Gasteiger partial charge < -0.3 is 15.8 Å². The second-order valence-corrected chi connectivity index (χ2v) is 6.38. The van der Waals surface area contributed by atoms with E-state index in [1.54, 1.807) is 0 Å². The van der Waals surface area contributed by atoms with Gasteiger partial charge in [0.05, 0.1) is 6.61 Å². The average Bonchev–Trinajstić information content (AvgIpc) is 3.32. The number of rotatable bonds is 9. The molecule has 0 bridgehead atoms. The van der Waals surface area contributed by atoms with Crippen molar-refractivity contribution in [1.29, 1.82) is 0 Å². The third-order valence-electron chi connectivity index (χ3n) is 4.16. The van der Waals surface area contributed by atoms with E-state index in [0.717, 1.165) is 24.2 Å². The Balaban J connectivity index is 0.00000264. The van der Waals surface area contributed by atoms with Crippen LogP contribution in [-0.4, -0.2) is 25.1 Å². The van der Waals surface area contributed by atoms with Gasteiger partial charge in [-0.2, -0.15) is 0 Å². The summed E-state index contributed by atoms with van der Waals surface area (Å²) in [4.78, 5) is 11.7. The van der Waals surface area contributed by atoms with E-state index < -0.39 is 0 Å². The fraction of sp³-hybridized carbons (Fsp3) is 0.611. The number of aryl methyl sites for hydroxylation is 2. The molecule has 1 atom stereocenters. The average molecular weight is 341 g/mol. The Labute approximate surface area is 145 Å². The van der Waals surface area contributed by atoms with Gasteiger partial charge >= 0.3 is 0 Å². The predicted octanol–water partition coefficient (Wildman–Crippen LogP) is 3.13. The van der Waals surface area contributed by atoms with Crippen LogP contribution in [0.25, 0.3) is 0 Å². The van der Waals surface area contributed by atoms with Crippen LogP contribution in [0.5, 0.6) is 5.75 Å². The second kappa shape index (κ2) is 9.78. The third kappa shape index (κ3) is 7.23. The second-order valence-electron chi connectivity index (χ2n) is 6.38. The molecule has 130 valence electrons. The minimum atomic E-state index is 0. The molecule has 23 heavy (non-hydrogen) atoms. The van der Waals surface area contributed by atoms with Crippen LogP contribution >= 0.6 is 12.4 Å². The Morgan fingerprint density at radius 1 is 1.35 bits per heavy atom. The molecule has 0 radical (unpaired) electrons. The first-order chi connectivity index (χ1) is 10.6. The lowest BCUT2D eigenvalue weighted by atomic mass is 10.1. The maximum atomic E-state index is 11.7. The molecule has 1 aliphatic carbocycles. The quantitative estimate of drug-likeness (QED) is 0.679. The van der Waals surface area contributed by atoms with Crippen LogP contribution in [0.3, 0.4) is 0 Å². The van der Waals surface area contributed by atoms with Crippen molar-refractivity contribution < 1.29 is 9.53 Å². The van der Waals surface area contributed by atoms with E-state index in [0.29, 0.717) is 25.5 Å². The molecule has 0 aliphatic heterocycles. The van der Waals surface area contributed by atoms with Gasteiger partial charge in [0.25, 0.3) is 0 Å². The molecule has 0 heterocycles. The van der Waals surface area contributed by atoms with E-state index in [2.05, 4.69) is 30.4 Å². The van der Waals surface area contributed by atoms with Crippen molar-refractivity contribution >= 4 is 18.3 Å². The lowest BCUT2D eigenvalue weighted by Crippen LogP contribution is -2.38. The summed E-state index contributed by atoms with van der Waals surface area (Å²) in [5.41, 5.74) is 8.31. The number of benzene rings is 1. The molecule has 1 aromatic rings. The molecule has 1 aromatic carbocycles. The van der Waals surface area contributed by atoms with E-state index >= 15 is 0 Å². The van der Waals surface area contributed by atoms with E-state index in [9.17, 15) is 4.79 Å².